The molecule has 31 heavy (non-hydrogen) atoms. The van der Waals surface area contributed by atoms with E-state index >= 15 is 0 Å². The Morgan fingerprint density at radius 3 is 2.58 bits per heavy atom. The van der Waals surface area contributed by atoms with Gasteiger partial charge < -0.3 is 19.9 Å². The quantitative estimate of drug-likeness (QED) is 0.652. The number of quaternary nitrogens is 1. The van der Waals surface area contributed by atoms with Gasteiger partial charge in [0.05, 0.1) is 47.8 Å². The number of ether oxygens (including phenoxy) is 1. The van der Waals surface area contributed by atoms with Gasteiger partial charge in [0, 0.05) is 13.1 Å². The number of hydrogen-bond acceptors (Lipinski definition) is 3. The van der Waals surface area contributed by atoms with E-state index in [1.807, 2.05) is 4.90 Å². The van der Waals surface area contributed by atoms with Crippen LogP contribution in [-0.4, -0.2) is 45.8 Å². The van der Waals surface area contributed by atoms with Gasteiger partial charge in [-0.05, 0) is 30.3 Å². The Balaban J connectivity index is 1.75. The highest BCUT2D eigenvalue weighted by atomic mass is 35.5. The van der Waals surface area contributed by atoms with Crippen molar-refractivity contribution in [1.29, 1.82) is 0 Å². The summed E-state index contributed by atoms with van der Waals surface area (Å²) in [5, 5.41) is 2.85. The third-order valence-corrected chi connectivity index (χ3v) is 5.31. The van der Waals surface area contributed by atoms with E-state index in [1.54, 1.807) is 13.1 Å². The average molecular weight is 461 g/mol. The summed E-state index contributed by atoms with van der Waals surface area (Å²) < 4.78 is 58.9. The summed E-state index contributed by atoms with van der Waals surface area (Å²) in [6.07, 6.45) is -4.54. The fourth-order valence-electron chi connectivity index (χ4n) is 3.43. The van der Waals surface area contributed by atoms with E-state index in [9.17, 15) is 22.4 Å². The number of nitrogens with one attached hydrogen (secondary N) is 2. The van der Waals surface area contributed by atoms with E-state index in [2.05, 4.69) is 5.32 Å². The average Bonchev–Trinajstić information content (AvgIpc) is 2.70. The Morgan fingerprint density at radius 1 is 1.23 bits per heavy atom. The van der Waals surface area contributed by atoms with Crippen molar-refractivity contribution in [3.05, 3.63) is 58.4 Å². The van der Waals surface area contributed by atoms with Crippen molar-refractivity contribution in [2.24, 2.45) is 0 Å². The van der Waals surface area contributed by atoms with E-state index in [1.165, 1.54) is 18.2 Å². The molecule has 1 heterocycles. The van der Waals surface area contributed by atoms with Gasteiger partial charge in [-0.2, -0.15) is 13.2 Å². The molecule has 0 saturated carbocycles. The second-order valence-electron chi connectivity index (χ2n) is 7.39. The van der Waals surface area contributed by atoms with E-state index < -0.39 is 23.5 Å². The van der Waals surface area contributed by atoms with Crippen LogP contribution in [0.25, 0.3) is 0 Å². The number of benzene rings is 2. The molecular weight excluding hydrogens is 438 g/mol. The maximum atomic E-state index is 14.0. The molecule has 1 saturated heterocycles. The van der Waals surface area contributed by atoms with Gasteiger partial charge >= 0.3 is 6.18 Å². The molecule has 0 aliphatic carbocycles. The van der Waals surface area contributed by atoms with Gasteiger partial charge in [-0.15, -0.1) is 0 Å². The highest BCUT2D eigenvalue weighted by Crippen LogP contribution is 2.35. The topological polar surface area (TPSA) is 46.0 Å². The number of amides is 1. The minimum atomic E-state index is -4.54. The van der Waals surface area contributed by atoms with Crippen LogP contribution in [0.4, 0.5) is 28.9 Å². The summed E-state index contributed by atoms with van der Waals surface area (Å²) in [4.78, 5) is 15.1. The molecular formula is C21H23ClF4N3O2+. The third kappa shape index (κ3) is 6.09. The summed E-state index contributed by atoms with van der Waals surface area (Å²) in [6, 6.07) is 7.63. The summed E-state index contributed by atoms with van der Waals surface area (Å²) in [6.45, 7) is 1.98. The number of alkyl halides is 3. The first kappa shape index (κ1) is 23.3. The normalized spacial score (nSPS) is 15.6. The molecule has 2 N–H and O–H groups in total. The van der Waals surface area contributed by atoms with Crippen molar-refractivity contribution in [1.82, 2.24) is 0 Å². The Bertz CT molecular complexity index is 913. The van der Waals surface area contributed by atoms with E-state index in [0.717, 1.165) is 12.1 Å². The van der Waals surface area contributed by atoms with Crippen LogP contribution in [0.3, 0.4) is 0 Å². The second kappa shape index (κ2) is 9.84. The van der Waals surface area contributed by atoms with Crippen LogP contribution in [0.5, 0.6) is 0 Å². The first-order chi connectivity index (χ1) is 14.6. The lowest BCUT2D eigenvalue weighted by atomic mass is 10.1. The van der Waals surface area contributed by atoms with E-state index in [0.29, 0.717) is 36.9 Å². The summed E-state index contributed by atoms with van der Waals surface area (Å²) in [5.74, 6) is -0.960. The predicted octanol–water partition coefficient (Wildman–Crippen LogP) is 2.99. The van der Waals surface area contributed by atoms with Gasteiger partial charge in [0.15, 0.2) is 6.54 Å². The maximum absolute atomic E-state index is 14.0. The lowest BCUT2D eigenvalue weighted by molar-refractivity contribution is -0.885. The van der Waals surface area contributed by atoms with Crippen molar-refractivity contribution in [2.45, 2.75) is 12.7 Å². The van der Waals surface area contributed by atoms with Gasteiger partial charge in [-0.1, -0.05) is 17.7 Å². The lowest BCUT2D eigenvalue weighted by Gasteiger charge is -2.31. The molecule has 1 fully saturated rings. The van der Waals surface area contributed by atoms with Gasteiger partial charge in [-0.25, -0.2) is 4.39 Å². The van der Waals surface area contributed by atoms with Gasteiger partial charge in [0.25, 0.3) is 5.91 Å². The molecule has 0 aromatic heterocycles. The zero-order chi connectivity index (χ0) is 22.6. The number of carbonyl (C=O) groups excluding carboxylic acids is 1. The number of nitrogens with zero attached hydrogens (tertiary/aromatic N) is 1. The zero-order valence-corrected chi connectivity index (χ0v) is 17.6. The molecule has 2 aromatic rings. The highest BCUT2D eigenvalue weighted by molar-refractivity contribution is 6.31. The summed E-state index contributed by atoms with van der Waals surface area (Å²) in [7, 11) is 1.68. The van der Waals surface area contributed by atoms with Crippen LogP contribution in [0.2, 0.25) is 5.02 Å². The second-order valence-corrected chi connectivity index (χ2v) is 7.80. The maximum Gasteiger partial charge on any atom is 0.416 e. The van der Waals surface area contributed by atoms with Crippen molar-refractivity contribution in [2.75, 3.05) is 50.1 Å². The largest absolute Gasteiger partial charge is 0.416 e. The standard InChI is InChI=1S/C21H22ClF4N3O2/c1-28(12-15-16(22)3-2-4-17(15)23)13-20(30)27-18-11-14(21(24,25)26)5-6-19(18)29-7-9-31-10-8-29/h2-6,11H,7-10,12-13H2,1H3,(H,27,30)/p+1. The summed E-state index contributed by atoms with van der Waals surface area (Å²) >= 11 is 6.03. The molecule has 2 aromatic carbocycles. The Labute approximate surface area is 182 Å². The van der Waals surface area contributed by atoms with Crippen LogP contribution in [0.1, 0.15) is 11.1 Å². The predicted molar refractivity (Wildman–Crippen MR) is 110 cm³/mol. The SMILES string of the molecule is C[NH+](CC(=O)Nc1cc(C(F)(F)F)ccc1N1CCOCC1)Cc1c(F)cccc1Cl. The molecule has 168 valence electrons. The number of anilines is 2. The molecule has 1 amide bonds. The minimum absolute atomic E-state index is 0.0799. The van der Waals surface area contributed by atoms with Crippen molar-refractivity contribution >= 4 is 28.9 Å². The van der Waals surface area contributed by atoms with Crippen molar-refractivity contribution < 1.29 is 32.0 Å². The molecule has 0 spiro atoms. The van der Waals surface area contributed by atoms with Crippen LogP contribution in [0, 0.1) is 5.82 Å². The van der Waals surface area contributed by atoms with Crippen LogP contribution in [0.15, 0.2) is 36.4 Å². The van der Waals surface area contributed by atoms with Crippen molar-refractivity contribution in [3.63, 3.8) is 0 Å². The molecule has 0 radical (unpaired) electrons. The number of halogens is 5. The van der Waals surface area contributed by atoms with E-state index in [-0.39, 0.29) is 29.4 Å². The smallest absolute Gasteiger partial charge is 0.378 e. The molecule has 3 rings (SSSR count). The fraction of sp³-hybridized carbons (Fsp3) is 0.381. The molecule has 1 unspecified atom stereocenters. The van der Waals surface area contributed by atoms with Crippen molar-refractivity contribution in [3.8, 4) is 0 Å². The first-order valence-electron chi connectivity index (χ1n) is 9.73. The molecule has 1 aliphatic heterocycles. The minimum Gasteiger partial charge on any atom is -0.378 e. The number of hydrogen-bond donors (Lipinski definition) is 2. The van der Waals surface area contributed by atoms with E-state index in [4.69, 9.17) is 16.3 Å². The van der Waals surface area contributed by atoms with Gasteiger partial charge in [0.1, 0.15) is 12.4 Å². The van der Waals surface area contributed by atoms with Crippen LogP contribution in [-0.2, 0) is 22.3 Å². The Morgan fingerprint density at radius 2 is 1.94 bits per heavy atom. The molecule has 10 heteroatoms. The Kier molecular flexibility index (Phi) is 7.40. The molecule has 1 aliphatic rings. The summed E-state index contributed by atoms with van der Waals surface area (Å²) in [5.41, 5.74) is 0.0130. The molecule has 0 bridgehead atoms. The van der Waals surface area contributed by atoms with Crippen LogP contribution < -0.4 is 15.1 Å². The number of rotatable bonds is 6. The number of morpholine rings is 1. The molecule has 1 atom stereocenters. The fourth-order valence-corrected chi connectivity index (χ4v) is 3.66. The first-order valence-corrected chi connectivity index (χ1v) is 10.1. The third-order valence-electron chi connectivity index (χ3n) is 4.95. The number of likely N-dealkylation sites (N-methyl/N-ethyl adjacent to an activating group) is 1. The number of carbonyl (C=O) groups is 1. The highest BCUT2D eigenvalue weighted by Gasteiger charge is 2.32. The Hall–Kier alpha value is -2.36. The zero-order valence-electron chi connectivity index (χ0n) is 16.9. The van der Waals surface area contributed by atoms with Gasteiger partial charge in [0.2, 0.25) is 0 Å². The lowest BCUT2D eigenvalue weighted by Crippen LogP contribution is -3.08. The van der Waals surface area contributed by atoms with Gasteiger partial charge in [-0.3, -0.25) is 4.79 Å². The van der Waals surface area contributed by atoms with Crippen LogP contribution >= 0.6 is 11.6 Å². The molecule has 5 nitrogen and oxygen atoms in total. The monoisotopic (exact) mass is 460 g/mol.